The zero-order valence-electron chi connectivity index (χ0n) is 12.3. The van der Waals surface area contributed by atoms with Crippen molar-refractivity contribution in [2.24, 2.45) is 0 Å². The van der Waals surface area contributed by atoms with Gasteiger partial charge in [0.05, 0.1) is 17.9 Å². The number of halogens is 1. The average Bonchev–Trinajstić information content (AvgIpc) is 2.51. The highest BCUT2D eigenvalue weighted by Gasteiger charge is 2.14. The van der Waals surface area contributed by atoms with Gasteiger partial charge in [0.2, 0.25) is 5.91 Å². The smallest absolute Gasteiger partial charge is 0.339 e. The maximum atomic E-state index is 12.0. The van der Waals surface area contributed by atoms with Crippen LogP contribution in [0.15, 0.2) is 40.8 Å². The van der Waals surface area contributed by atoms with Gasteiger partial charge in [-0.2, -0.15) is 0 Å². The number of carbonyl (C=O) groups is 2. The molecule has 0 aliphatic carbocycles. The third-order valence-electron chi connectivity index (χ3n) is 2.45. The van der Waals surface area contributed by atoms with E-state index in [1.807, 2.05) is 0 Å². The van der Waals surface area contributed by atoms with E-state index < -0.39 is 5.97 Å². The first kappa shape index (κ1) is 18.5. The highest BCUT2D eigenvalue weighted by molar-refractivity contribution is 8.00. The third-order valence-corrected chi connectivity index (χ3v) is 3.64. The van der Waals surface area contributed by atoms with Crippen LogP contribution in [0.25, 0.3) is 0 Å². The van der Waals surface area contributed by atoms with Crippen LogP contribution in [0.1, 0.15) is 10.4 Å². The molecule has 7 heteroatoms. The molecule has 0 bridgehead atoms. The molecule has 1 aromatic rings. The van der Waals surface area contributed by atoms with Gasteiger partial charge in [-0.3, -0.25) is 4.79 Å². The van der Waals surface area contributed by atoms with E-state index >= 15 is 0 Å². The molecule has 1 N–H and O–H groups in total. The molecule has 0 atom stereocenters. The lowest BCUT2D eigenvalue weighted by Crippen LogP contribution is -2.28. The molecule has 0 heterocycles. The Labute approximate surface area is 139 Å². The van der Waals surface area contributed by atoms with Gasteiger partial charge in [0.15, 0.2) is 0 Å². The predicted molar refractivity (Wildman–Crippen MR) is 87.3 cm³/mol. The maximum Gasteiger partial charge on any atom is 0.339 e. The summed E-state index contributed by atoms with van der Waals surface area (Å²) >= 11 is 6.84. The second-order valence-electron chi connectivity index (χ2n) is 4.22. The second-order valence-corrected chi connectivity index (χ2v) is 5.77. The number of rotatable bonds is 9. The van der Waals surface area contributed by atoms with Crippen molar-refractivity contribution in [1.29, 1.82) is 0 Å². The number of hydrogen-bond acceptors (Lipinski definition) is 5. The summed E-state index contributed by atoms with van der Waals surface area (Å²) in [4.78, 5) is 24.3. The SMILES string of the molecule is C=C(Cl)COC(=O)c1ccccc1SCC(=O)NCCOC. The standard InChI is InChI=1S/C15H18ClNO4S/c1-11(16)9-21-15(19)12-5-3-4-6-13(12)22-10-14(18)17-7-8-20-2/h3-6H,1,7-10H2,2H3,(H,17,18). The Kier molecular flexibility index (Phi) is 8.65. The van der Waals surface area contributed by atoms with E-state index in [2.05, 4.69) is 11.9 Å². The van der Waals surface area contributed by atoms with Gasteiger partial charge < -0.3 is 14.8 Å². The summed E-state index contributed by atoms with van der Waals surface area (Å²) in [7, 11) is 1.57. The number of methoxy groups -OCH3 is 1. The van der Waals surface area contributed by atoms with Crippen LogP contribution in [0.5, 0.6) is 0 Å². The van der Waals surface area contributed by atoms with Crippen LogP contribution in [0.3, 0.4) is 0 Å². The lowest BCUT2D eigenvalue weighted by Gasteiger charge is -2.09. The molecule has 5 nitrogen and oxygen atoms in total. The summed E-state index contributed by atoms with van der Waals surface area (Å²) in [6.07, 6.45) is 0. The van der Waals surface area contributed by atoms with E-state index in [1.54, 1.807) is 31.4 Å². The fraction of sp³-hybridized carbons (Fsp3) is 0.333. The van der Waals surface area contributed by atoms with Crippen molar-refractivity contribution >= 4 is 35.2 Å². The van der Waals surface area contributed by atoms with Gasteiger partial charge in [0.1, 0.15) is 6.61 Å². The van der Waals surface area contributed by atoms with E-state index in [4.69, 9.17) is 21.1 Å². The zero-order valence-corrected chi connectivity index (χ0v) is 13.8. The van der Waals surface area contributed by atoms with E-state index in [9.17, 15) is 9.59 Å². The minimum Gasteiger partial charge on any atom is -0.456 e. The second kappa shape index (κ2) is 10.3. The molecule has 1 amide bonds. The Morgan fingerprint density at radius 2 is 2.09 bits per heavy atom. The van der Waals surface area contributed by atoms with E-state index in [0.29, 0.717) is 23.6 Å². The number of thioether (sulfide) groups is 1. The number of benzene rings is 1. The van der Waals surface area contributed by atoms with Crippen molar-refractivity contribution in [3.8, 4) is 0 Å². The van der Waals surface area contributed by atoms with Crippen molar-refractivity contribution in [3.63, 3.8) is 0 Å². The van der Waals surface area contributed by atoms with Crippen molar-refractivity contribution in [1.82, 2.24) is 5.32 Å². The van der Waals surface area contributed by atoms with Crippen molar-refractivity contribution in [2.45, 2.75) is 4.90 Å². The number of amides is 1. The molecule has 0 spiro atoms. The van der Waals surface area contributed by atoms with E-state index in [1.165, 1.54) is 11.8 Å². The molecule has 0 aliphatic rings. The number of hydrogen-bond donors (Lipinski definition) is 1. The van der Waals surface area contributed by atoms with E-state index in [0.717, 1.165) is 0 Å². The molecule has 0 unspecified atom stereocenters. The number of ether oxygens (including phenoxy) is 2. The Hall–Kier alpha value is -1.50. The molecule has 0 fully saturated rings. The molecule has 0 saturated heterocycles. The number of nitrogens with one attached hydrogen (secondary N) is 1. The Morgan fingerprint density at radius 3 is 2.77 bits per heavy atom. The van der Waals surface area contributed by atoms with Crippen LogP contribution >= 0.6 is 23.4 Å². The summed E-state index contributed by atoms with van der Waals surface area (Å²) < 4.78 is 9.87. The van der Waals surface area contributed by atoms with Gasteiger partial charge >= 0.3 is 5.97 Å². The quantitative estimate of drug-likeness (QED) is 0.424. The Bertz CT molecular complexity index is 536. The van der Waals surface area contributed by atoms with Gasteiger partial charge in [-0.05, 0) is 12.1 Å². The first-order chi connectivity index (χ1) is 10.5. The fourth-order valence-electron chi connectivity index (χ4n) is 1.47. The van der Waals surface area contributed by atoms with Crippen molar-refractivity contribution in [3.05, 3.63) is 41.4 Å². The van der Waals surface area contributed by atoms with Crippen LogP contribution in [-0.4, -0.2) is 44.5 Å². The average molecular weight is 344 g/mol. The minimum atomic E-state index is -0.496. The molecule has 1 rings (SSSR count). The molecular weight excluding hydrogens is 326 g/mol. The van der Waals surface area contributed by atoms with E-state index in [-0.39, 0.29) is 23.3 Å². The van der Waals surface area contributed by atoms with Crippen molar-refractivity contribution in [2.75, 3.05) is 32.6 Å². The summed E-state index contributed by atoms with van der Waals surface area (Å²) in [5, 5.41) is 2.96. The van der Waals surface area contributed by atoms with Crippen LogP contribution in [0.4, 0.5) is 0 Å². The van der Waals surface area contributed by atoms with Crippen LogP contribution < -0.4 is 5.32 Å². The van der Waals surface area contributed by atoms with Crippen molar-refractivity contribution < 1.29 is 19.1 Å². The highest BCUT2D eigenvalue weighted by atomic mass is 35.5. The number of esters is 1. The van der Waals surface area contributed by atoms with Crippen LogP contribution in [0, 0.1) is 0 Å². The third kappa shape index (κ3) is 6.98. The predicted octanol–water partition coefficient (Wildman–Crippen LogP) is 2.45. The molecule has 120 valence electrons. The van der Waals surface area contributed by atoms with Gasteiger partial charge in [-0.25, -0.2) is 4.79 Å². The van der Waals surface area contributed by atoms with Gasteiger partial charge in [0, 0.05) is 23.6 Å². The van der Waals surface area contributed by atoms with Gasteiger partial charge in [-0.15, -0.1) is 11.8 Å². The minimum absolute atomic E-state index is 0.0447. The summed E-state index contributed by atoms with van der Waals surface area (Å²) in [5.41, 5.74) is 0.398. The highest BCUT2D eigenvalue weighted by Crippen LogP contribution is 2.23. The molecule has 0 aliphatic heterocycles. The fourth-order valence-corrected chi connectivity index (χ4v) is 2.39. The maximum absolute atomic E-state index is 12.0. The molecule has 0 radical (unpaired) electrons. The Balaban J connectivity index is 2.58. The summed E-state index contributed by atoms with van der Waals surface area (Å²) in [5.74, 6) is -0.417. The lowest BCUT2D eigenvalue weighted by atomic mass is 10.2. The van der Waals surface area contributed by atoms with Gasteiger partial charge in [-0.1, -0.05) is 30.3 Å². The first-order valence-electron chi connectivity index (χ1n) is 6.52. The summed E-state index contributed by atoms with van der Waals surface area (Å²) in [6.45, 7) is 4.33. The molecular formula is C15H18ClNO4S. The van der Waals surface area contributed by atoms with Gasteiger partial charge in [0.25, 0.3) is 0 Å². The normalized spacial score (nSPS) is 10.1. The molecule has 1 aromatic carbocycles. The largest absolute Gasteiger partial charge is 0.456 e. The first-order valence-corrected chi connectivity index (χ1v) is 7.88. The van der Waals surface area contributed by atoms with Crippen LogP contribution in [0.2, 0.25) is 0 Å². The van der Waals surface area contributed by atoms with Crippen LogP contribution in [-0.2, 0) is 14.3 Å². The molecule has 0 aromatic heterocycles. The molecule has 22 heavy (non-hydrogen) atoms. The zero-order chi connectivity index (χ0) is 16.4. The Morgan fingerprint density at radius 1 is 1.36 bits per heavy atom. The topological polar surface area (TPSA) is 64.6 Å². The monoisotopic (exact) mass is 343 g/mol. The molecule has 0 saturated carbocycles. The lowest BCUT2D eigenvalue weighted by molar-refractivity contribution is -0.118. The summed E-state index contributed by atoms with van der Waals surface area (Å²) in [6, 6.07) is 6.93. The number of carbonyl (C=O) groups excluding carboxylic acids is 2.